The largest absolute Gasteiger partial charge is 0.493 e. The Hall–Kier alpha value is -4.40. The van der Waals surface area contributed by atoms with Crippen molar-refractivity contribution in [2.24, 2.45) is 0 Å². The standard InChI is InChI=1S/C33H31N5O3S2/c1-42-32-28(22-34)30(23-8-5-13-27(20-23)41-25-10-3-2-4-11-25)31(43-32)29-14-16-36-33(38-29)37-24-9-6-12-26(21-24)40-19-7-15-35-17-18-39/h2-6,8-14,16,20-21,35,39H,7,15,17-19H2,1H3,(H,36,37,38). The molecule has 0 saturated carbocycles. The number of ether oxygens (including phenoxy) is 2. The Bertz CT molecular complexity index is 1690. The number of hydrogen-bond acceptors (Lipinski definition) is 10. The number of nitrogens with one attached hydrogen (secondary N) is 2. The summed E-state index contributed by atoms with van der Waals surface area (Å²) >= 11 is 3.09. The van der Waals surface area contributed by atoms with E-state index in [-0.39, 0.29) is 6.61 Å². The van der Waals surface area contributed by atoms with E-state index in [0.29, 0.717) is 36.1 Å². The number of aromatic nitrogens is 2. The second-order valence-electron chi connectivity index (χ2n) is 9.32. The molecular weight excluding hydrogens is 579 g/mol. The van der Waals surface area contributed by atoms with Gasteiger partial charge >= 0.3 is 0 Å². The number of rotatable bonds is 14. The van der Waals surface area contributed by atoms with E-state index in [0.717, 1.165) is 50.4 Å². The maximum atomic E-state index is 10.2. The van der Waals surface area contributed by atoms with Gasteiger partial charge in [0.2, 0.25) is 5.95 Å². The highest BCUT2D eigenvalue weighted by atomic mass is 32.2. The van der Waals surface area contributed by atoms with Gasteiger partial charge in [0.1, 0.15) is 23.3 Å². The van der Waals surface area contributed by atoms with Crippen LogP contribution in [0.2, 0.25) is 0 Å². The van der Waals surface area contributed by atoms with Crippen LogP contribution in [0.15, 0.2) is 95.3 Å². The molecule has 0 atom stereocenters. The van der Waals surface area contributed by atoms with Crippen LogP contribution in [0.5, 0.6) is 17.2 Å². The zero-order valence-corrected chi connectivity index (χ0v) is 25.3. The molecule has 218 valence electrons. The van der Waals surface area contributed by atoms with Crippen molar-refractivity contribution < 1.29 is 14.6 Å². The van der Waals surface area contributed by atoms with E-state index in [9.17, 15) is 5.26 Å². The summed E-state index contributed by atoms with van der Waals surface area (Å²) in [5.74, 6) is 2.60. The zero-order valence-electron chi connectivity index (χ0n) is 23.6. The van der Waals surface area contributed by atoms with Gasteiger partial charge in [0, 0.05) is 30.1 Å². The molecule has 10 heteroatoms. The molecule has 0 bridgehead atoms. The van der Waals surface area contributed by atoms with Gasteiger partial charge in [-0.25, -0.2) is 9.97 Å². The highest BCUT2D eigenvalue weighted by Gasteiger charge is 2.22. The summed E-state index contributed by atoms with van der Waals surface area (Å²) in [4.78, 5) is 10.2. The van der Waals surface area contributed by atoms with Crippen LogP contribution >= 0.6 is 23.1 Å². The van der Waals surface area contributed by atoms with Gasteiger partial charge in [-0.15, -0.1) is 23.1 Å². The van der Waals surface area contributed by atoms with Gasteiger partial charge in [-0.3, -0.25) is 0 Å². The van der Waals surface area contributed by atoms with E-state index < -0.39 is 0 Å². The van der Waals surface area contributed by atoms with Crippen LogP contribution in [-0.2, 0) is 0 Å². The van der Waals surface area contributed by atoms with Crippen LogP contribution < -0.4 is 20.1 Å². The molecule has 2 heterocycles. The lowest BCUT2D eigenvalue weighted by atomic mass is 10.0. The van der Waals surface area contributed by atoms with E-state index in [1.165, 1.54) is 0 Å². The molecule has 0 spiro atoms. The zero-order chi connectivity index (χ0) is 29.9. The topological polar surface area (TPSA) is 112 Å². The average Bonchev–Trinajstić information content (AvgIpc) is 3.43. The molecule has 0 aliphatic rings. The fourth-order valence-electron chi connectivity index (χ4n) is 4.38. The number of thiophene rings is 1. The number of aliphatic hydroxyl groups is 1. The second kappa shape index (κ2) is 15.2. The maximum absolute atomic E-state index is 10.2. The monoisotopic (exact) mass is 609 g/mol. The van der Waals surface area contributed by atoms with Gasteiger partial charge in [0.25, 0.3) is 0 Å². The van der Waals surface area contributed by atoms with Crippen molar-refractivity contribution in [3.63, 3.8) is 0 Å². The molecule has 0 aliphatic heterocycles. The van der Waals surface area contributed by atoms with Crippen molar-refractivity contribution in [2.45, 2.75) is 10.6 Å². The minimum atomic E-state index is 0.126. The van der Waals surface area contributed by atoms with Crippen molar-refractivity contribution >= 4 is 34.7 Å². The third kappa shape index (κ3) is 7.91. The molecule has 0 aliphatic carbocycles. The number of nitrogens with zero attached hydrogens (tertiary/aromatic N) is 3. The van der Waals surface area contributed by atoms with E-state index >= 15 is 0 Å². The number of nitriles is 1. The fraction of sp³-hybridized carbons (Fsp3) is 0.182. The first-order valence-electron chi connectivity index (χ1n) is 13.8. The molecule has 43 heavy (non-hydrogen) atoms. The molecule has 0 fully saturated rings. The number of anilines is 2. The van der Waals surface area contributed by atoms with E-state index in [4.69, 9.17) is 19.6 Å². The van der Waals surface area contributed by atoms with Crippen LogP contribution in [0.1, 0.15) is 12.0 Å². The third-order valence-corrected chi connectivity index (χ3v) is 8.64. The Kier molecular flexibility index (Phi) is 10.6. The number of thioether (sulfide) groups is 1. The smallest absolute Gasteiger partial charge is 0.227 e. The van der Waals surface area contributed by atoms with Crippen molar-refractivity contribution in [3.8, 4) is 45.0 Å². The summed E-state index contributed by atoms with van der Waals surface area (Å²) in [6.45, 7) is 2.04. The summed E-state index contributed by atoms with van der Waals surface area (Å²) in [5.41, 5.74) is 3.83. The van der Waals surface area contributed by atoms with Gasteiger partial charge in [-0.1, -0.05) is 36.4 Å². The molecule has 8 nitrogen and oxygen atoms in total. The number of aliphatic hydroxyl groups excluding tert-OH is 1. The van der Waals surface area contributed by atoms with Gasteiger partial charge in [0.15, 0.2) is 0 Å². The number of benzene rings is 3. The highest BCUT2D eigenvalue weighted by molar-refractivity contribution is 8.00. The molecule has 3 aromatic carbocycles. The van der Waals surface area contributed by atoms with Crippen molar-refractivity contribution in [2.75, 3.05) is 37.9 Å². The predicted molar refractivity (Wildman–Crippen MR) is 174 cm³/mol. The van der Waals surface area contributed by atoms with Crippen LogP contribution in [-0.4, -0.2) is 47.6 Å². The van der Waals surface area contributed by atoms with Gasteiger partial charge in [-0.2, -0.15) is 5.26 Å². The quantitative estimate of drug-likeness (QED) is 0.0878. The Morgan fingerprint density at radius 3 is 2.58 bits per heavy atom. The van der Waals surface area contributed by atoms with Gasteiger partial charge < -0.3 is 25.2 Å². The predicted octanol–water partition coefficient (Wildman–Crippen LogP) is 7.35. The number of para-hydroxylation sites is 1. The first-order chi connectivity index (χ1) is 21.2. The van der Waals surface area contributed by atoms with Gasteiger partial charge in [0.05, 0.1) is 33.6 Å². The Morgan fingerprint density at radius 1 is 0.953 bits per heavy atom. The lowest BCUT2D eigenvalue weighted by molar-refractivity contribution is 0.282. The van der Waals surface area contributed by atoms with Crippen LogP contribution in [0.4, 0.5) is 11.6 Å². The van der Waals surface area contributed by atoms with Crippen LogP contribution in [0.3, 0.4) is 0 Å². The summed E-state index contributed by atoms with van der Waals surface area (Å²) in [7, 11) is 0. The lowest BCUT2D eigenvalue weighted by Gasteiger charge is -2.11. The summed E-state index contributed by atoms with van der Waals surface area (Å²) in [6.07, 6.45) is 4.52. The normalized spacial score (nSPS) is 10.7. The first-order valence-corrected chi connectivity index (χ1v) is 15.8. The molecule has 5 rings (SSSR count). The first kappa shape index (κ1) is 30.1. The van der Waals surface area contributed by atoms with Crippen molar-refractivity contribution in [3.05, 3.63) is 96.7 Å². The highest BCUT2D eigenvalue weighted by Crippen LogP contribution is 2.46. The molecule has 0 radical (unpaired) electrons. The average molecular weight is 610 g/mol. The molecular formula is C33H31N5O3S2. The van der Waals surface area contributed by atoms with E-state index in [2.05, 4.69) is 21.7 Å². The lowest BCUT2D eigenvalue weighted by Crippen LogP contribution is -2.20. The Labute approximate surface area is 259 Å². The minimum Gasteiger partial charge on any atom is -0.493 e. The number of hydrogen-bond donors (Lipinski definition) is 3. The minimum absolute atomic E-state index is 0.126. The molecule has 5 aromatic rings. The SMILES string of the molecule is CSc1sc(-c2ccnc(Nc3cccc(OCCCNCCO)c3)n2)c(-c2cccc(Oc3ccccc3)c2)c1C#N. The van der Waals surface area contributed by atoms with E-state index in [1.54, 1.807) is 29.3 Å². The fourth-order valence-corrected chi connectivity index (χ4v) is 6.29. The molecule has 0 amide bonds. The van der Waals surface area contributed by atoms with Crippen LogP contribution in [0, 0.1) is 11.3 Å². The Morgan fingerprint density at radius 2 is 1.77 bits per heavy atom. The molecule has 2 aromatic heterocycles. The van der Waals surface area contributed by atoms with Crippen molar-refractivity contribution in [1.29, 1.82) is 5.26 Å². The summed E-state index contributed by atoms with van der Waals surface area (Å²) in [6, 6.07) is 29.4. The molecule has 0 unspecified atom stereocenters. The second-order valence-corrected chi connectivity index (χ2v) is 11.4. The van der Waals surface area contributed by atoms with Crippen LogP contribution in [0.25, 0.3) is 21.7 Å². The maximum Gasteiger partial charge on any atom is 0.227 e. The molecule has 3 N–H and O–H groups in total. The summed E-state index contributed by atoms with van der Waals surface area (Å²) < 4.78 is 12.9. The Balaban J connectivity index is 1.39. The third-order valence-electron chi connectivity index (χ3n) is 6.31. The van der Waals surface area contributed by atoms with Gasteiger partial charge in [-0.05, 0) is 67.2 Å². The summed E-state index contributed by atoms with van der Waals surface area (Å²) in [5, 5.41) is 25.5. The molecule has 0 saturated heterocycles. The van der Waals surface area contributed by atoms with E-state index in [1.807, 2.05) is 91.2 Å². The van der Waals surface area contributed by atoms with Crippen molar-refractivity contribution in [1.82, 2.24) is 15.3 Å².